The minimum atomic E-state index is -0.139. The van der Waals surface area contributed by atoms with Gasteiger partial charge < -0.3 is 0 Å². The molecule has 128 valence electrons. The number of benzene rings is 1. The molecule has 0 atom stereocenters. The van der Waals surface area contributed by atoms with E-state index in [-0.39, 0.29) is 5.82 Å². The number of aryl methyl sites for hydroxylation is 1. The number of rotatable bonds is 5. The van der Waals surface area contributed by atoms with Crippen LogP contribution in [0.15, 0.2) is 36.5 Å². The van der Waals surface area contributed by atoms with Gasteiger partial charge in [-0.15, -0.1) is 0 Å². The van der Waals surface area contributed by atoms with E-state index in [0.717, 1.165) is 23.6 Å². The number of halogens is 1. The van der Waals surface area contributed by atoms with Gasteiger partial charge in [0.15, 0.2) is 0 Å². The average molecular weight is 325 g/mol. The number of hydrogen-bond donors (Lipinski definition) is 0. The minimum Gasteiger partial charge on any atom is -0.256 e. The second kappa shape index (κ2) is 7.92. The van der Waals surface area contributed by atoms with Crippen LogP contribution < -0.4 is 0 Å². The number of aromatic nitrogens is 1. The van der Waals surface area contributed by atoms with E-state index in [9.17, 15) is 4.39 Å². The summed E-state index contributed by atoms with van der Waals surface area (Å²) in [7, 11) is 0. The van der Waals surface area contributed by atoms with Crippen molar-refractivity contribution in [3.05, 3.63) is 53.5 Å². The van der Waals surface area contributed by atoms with Crippen LogP contribution in [-0.2, 0) is 6.42 Å². The highest BCUT2D eigenvalue weighted by atomic mass is 19.1. The van der Waals surface area contributed by atoms with Crippen molar-refractivity contribution in [1.82, 2.24) is 4.98 Å². The van der Waals surface area contributed by atoms with Crippen molar-refractivity contribution >= 4 is 0 Å². The first-order valence-electron chi connectivity index (χ1n) is 9.42. The molecule has 1 saturated carbocycles. The van der Waals surface area contributed by atoms with Gasteiger partial charge in [-0.2, -0.15) is 0 Å². The van der Waals surface area contributed by atoms with Gasteiger partial charge in [-0.05, 0) is 66.8 Å². The standard InChI is InChI=1S/C22H28FN/c1-3-4-5-17-8-13-22(24-15-17)20-12-11-19(14-21(20)23)18-9-6-16(2)7-10-18/h8,11-16,18H,3-7,9-10H2,1-2H3/t16-,18-. The summed E-state index contributed by atoms with van der Waals surface area (Å²) in [6, 6.07) is 9.78. The third-order valence-electron chi connectivity index (χ3n) is 5.40. The van der Waals surface area contributed by atoms with Crippen LogP contribution in [0.25, 0.3) is 11.3 Å². The lowest BCUT2D eigenvalue weighted by Crippen LogP contribution is -2.11. The first-order chi connectivity index (χ1) is 11.7. The first kappa shape index (κ1) is 17.1. The molecule has 0 unspecified atom stereocenters. The van der Waals surface area contributed by atoms with Gasteiger partial charge >= 0.3 is 0 Å². The fraction of sp³-hybridized carbons (Fsp3) is 0.500. The van der Waals surface area contributed by atoms with Gasteiger partial charge in [0.2, 0.25) is 0 Å². The van der Waals surface area contributed by atoms with Crippen molar-refractivity contribution in [2.45, 2.75) is 64.7 Å². The molecule has 1 nitrogen and oxygen atoms in total. The molecule has 1 fully saturated rings. The van der Waals surface area contributed by atoms with Gasteiger partial charge in [-0.3, -0.25) is 4.98 Å². The molecule has 3 rings (SSSR count). The molecule has 2 aromatic rings. The van der Waals surface area contributed by atoms with E-state index in [0.29, 0.717) is 11.5 Å². The molecule has 0 bridgehead atoms. The van der Waals surface area contributed by atoms with Crippen LogP contribution in [0, 0.1) is 11.7 Å². The lowest BCUT2D eigenvalue weighted by molar-refractivity contribution is 0.347. The zero-order valence-corrected chi connectivity index (χ0v) is 14.9. The Morgan fingerprint density at radius 1 is 1.08 bits per heavy atom. The minimum absolute atomic E-state index is 0.139. The van der Waals surface area contributed by atoms with Gasteiger partial charge in [-0.25, -0.2) is 4.39 Å². The monoisotopic (exact) mass is 325 g/mol. The fourth-order valence-corrected chi connectivity index (χ4v) is 3.70. The van der Waals surface area contributed by atoms with Crippen LogP contribution in [0.1, 0.15) is 69.4 Å². The molecule has 0 radical (unpaired) electrons. The molecule has 24 heavy (non-hydrogen) atoms. The maximum absolute atomic E-state index is 14.6. The van der Waals surface area contributed by atoms with Crippen molar-refractivity contribution in [2.24, 2.45) is 5.92 Å². The molecular formula is C22H28FN. The molecule has 0 N–H and O–H groups in total. The lowest BCUT2D eigenvalue weighted by atomic mass is 9.79. The van der Waals surface area contributed by atoms with Crippen LogP contribution in [0.2, 0.25) is 0 Å². The van der Waals surface area contributed by atoms with E-state index < -0.39 is 0 Å². The van der Waals surface area contributed by atoms with Gasteiger partial charge in [0, 0.05) is 11.8 Å². The average Bonchev–Trinajstić information content (AvgIpc) is 2.61. The summed E-state index contributed by atoms with van der Waals surface area (Å²) < 4.78 is 14.6. The summed E-state index contributed by atoms with van der Waals surface area (Å²) in [6.07, 6.45) is 10.2. The van der Waals surface area contributed by atoms with E-state index in [1.165, 1.54) is 44.1 Å². The van der Waals surface area contributed by atoms with Crippen LogP contribution >= 0.6 is 0 Å². The summed E-state index contributed by atoms with van der Waals surface area (Å²) in [6.45, 7) is 4.50. The van der Waals surface area contributed by atoms with Crippen LogP contribution in [-0.4, -0.2) is 4.98 Å². The summed E-state index contributed by atoms with van der Waals surface area (Å²) in [5.41, 5.74) is 3.73. The Balaban J connectivity index is 1.74. The third-order valence-corrected chi connectivity index (χ3v) is 5.40. The van der Waals surface area contributed by atoms with E-state index in [1.54, 1.807) is 6.07 Å². The molecule has 0 aliphatic heterocycles. The van der Waals surface area contributed by atoms with Crippen LogP contribution in [0.5, 0.6) is 0 Å². The molecule has 0 amide bonds. The Hall–Kier alpha value is -1.70. The van der Waals surface area contributed by atoms with Gasteiger partial charge in [0.25, 0.3) is 0 Å². The topological polar surface area (TPSA) is 12.9 Å². The van der Waals surface area contributed by atoms with Crippen LogP contribution in [0.3, 0.4) is 0 Å². The number of pyridine rings is 1. The molecule has 2 heteroatoms. The predicted octanol–water partition coefficient (Wildman–Crippen LogP) is 6.52. The molecule has 1 aromatic carbocycles. The van der Waals surface area contributed by atoms with Gasteiger partial charge in [0.1, 0.15) is 5.82 Å². The second-order valence-corrected chi connectivity index (χ2v) is 7.35. The van der Waals surface area contributed by atoms with Crippen molar-refractivity contribution in [3.63, 3.8) is 0 Å². The summed E-state index contributed by atoms with van der Waals surface area (Å²) in [5.74, 6) is 1.20. The summed E-state index contributed by atoms with van der Waals surface area (Å²) in [5, 5.41) is 0. The summed E-state index contributed by atoms with van der Waals surface area (Å²) in [4.78, 5) is 4.47. The smallest absolute Gasteiger partial charge is 0.132 e. The number of hydrogen-bond acceptors (Lipinski definition) is 1. The molecule has 1 aliphatic rings. The zero-order chi connectivity index (χ0) is 16.9. The number of nitrogens with zero attached hydrogens (tertiary/aromatic N) is 1. The van der Waals surface area contributed by atoms with Crippen molar-refractivity contribution < 1.29 is 4.39 Å². The predicted molar refractivity (Wildman–Crippen MR) is 98.6 cm³/mol. The molecule has 1 heterocycles. The normalized spacial score (nSPS) is 21.0. The van der Waals surface area contributed by atoms with E-state index in [2.05, 4.69) is 31.0 Å². The quantitative estimate of drug-likeness (QED) is 0.609. The molecular weight excluding hydrogens is 297 g/mol. The Morgan fingerprint density at radius 2 is 1.88 bits per heavy atom. The van der Waals surface area contributed by atoms with E-state index in [1.807, 2.05) is 18.3 Å². The highest BCUT2D eigenvalue weighted by Crippen LogP contribution is 2.36. The number of unbranched alkanes of at least 4 members (excludes halogenated alkanes) is 1. The van der Waals surface area contributed by atoms with Crippen LogP contribution in [0.4, 0.5) is 4.39 Å². The third kappa shape index (κ3) is 4.03. The zero-order valence-electron chi connectivity index (χ0n) is 14.9. The first-order valence-corrected chi connectivity index (χ1v) is 9.42. The highest BCUT2D eigenvalue weighted by Gasteiger charge is 2.20. The Bertz CT molecular complexity index is 654. The Morgan fingerprint density at radius 3 is 2.50 bits per heavy atom. The van der Waals surface area contributed by atoms with Crippen molar-refractivity contribution in [3.8, 4) is 11.3 Å². The van der Waals surface area contributed by atoms with Gasteiger partial charge in [0.05, 0.1) is 5.69 Å². The maximum atomic E-state index is 14.6. The van der Waals surface area contributed by atoms with Crippen molar-refractivity contribution in [1.29, 1.82) is 0 Å². The van der Waals surface area contributed by atoms with Gasteiger partial charge in [-0.1, -0.05) is 45.2 Å². The van der Waals surface area contributed by atoms with E-state index in [4.69, 9.17) is 0 Å². The van der Waals surface area contributed by atoms with E-state index >= 15 is 0 Å². The molecule has 1 aromatic heterocycles. The Labute approximate surface area is 145 Å². The second-order valence-electron chi connectivity index (χ2n) is 7.35. The highest BCUT2D eigenvalue weighted by molar-refractivity contribution is 5.60. The Kier molecular flexibility index (Phi) is 5.65. The molecule has 0 spiro atoms. The SMILES string of the molecule is CCCCc1ccc(-c2ccc([C@H]3CC[C@H](C)CC3)cc2F)nc1. The maximum Gasteiger partial charge on any atom is 0.132 e. The lowest BCUT2D eigenvalue weighted by Gasteiger charge is -2.26. The molecule has 0 saturated heterocycles. The van der Waals surface area contributed by atoms with Crippen molar-refractivity contribution in [2.75, 3.05) is 0 Å². The fourth-order valence-electron chi connectivity index (χ4n) is 3.70. The molecule has 1 aliphatic carbocycles. The summed E-state index contributed by atoms with van der Waals surface area (Å²) >= 11 is 0. The largest absolute Gasteiger partial charge is 0.256 e.